The maximum Gasteiger partial charge on any atom is 0.248 e. The number of carbonyl (C=O) groups is 2. The van der Waals surface area contributed by atoms with E-state index in [1.165, 1.54) is 7.11 Å². The van der Waals surface area contributed by atoms with E-state index in [-0.39, 0.29) is 18.2 Å². The van der Waals surface area contributed by atoms with Crippen molar-refractivity contribution in [3.8, 4) is 5.75 Å². The minimum Gasteiger partial charge on any atom is -0.497 e. The number of carbonyl (C=O) groups excluding carboxylic acids is 2. The van der Waals surface area contributed by atoms with Gasteiger partial charge in [0.2, 0.25) is 17.8 Å². The molecular formula is C18H15ClN4O3. The highest BCUT2D eigenvalue weighted by molar-refractivity contribution is 6.33. The van der Waals surface area contributed by atoms with Crippen molar-refractivity contribution in [3.05, 3.63) is 47.5 Å². The number of nitrogens with one attached hydrogen (secondary N) is 2. The summed E-state index contributed by atoms with van der Waals surface area (Å²) in [6.45, 7) is 0. The zero-order valence-electron chi connectivity index (χ0n) is 13.8. The lowest BCUT2D eigenvalue weighted by Gasteiger charge is -2.25. The number of benzene rings is 2. The van der Waals surface area contributed by atoms with Crippen molar-refractivity contribution in [3.63, 3.8) is 0 Å². The molecule has 2 N–H and O–H groups in total. The zero-order chi connectivity index (χ0) is 18.3. The largest absolute Gasteiger partial charge is 0.497 e. The second kappa shape index (κ2) is 6.34. The maximum atomic E-state index is 12.9. The van der Waals surface area contributed by atoms with Gasteiger partial charge in [0.1, 0.15) is 11.8 Å². The number of nitrogens with zero attached hydrogens (tertiary/aromatic N) is 2. The van der Waals surface area contributed by atoms with Crippen LogP contribution < -0.4 is 15.4 Å². The summed E-state index contributed by atoms with van der Waals surface area (Å²) in [7, 11) is 1.53. The minimum atomic E-state index is -0.728. The average Bonchev–Trinajstić information content (AvgIpc) is 3.00. The van der Waals surface area contributed by atoms with Gasteiger partial charge in [0.15, 0.2) is 0 Å². The Morgan fingerprint density at radius 2 is 2.15 bits per heavy atom. The highest BCUT2D eigenvalue weighted by atomic mass is 35.5. The van der Waals surface area contributed by atoms with Crippen LogP contribution in [0.4, 0.5) is 11.6 Å². The Hall–Kier alpha value is -3.06. The molecule has 4 rings (SSSR count). The summed E-state index contributed by atoms with van der Waals surface area (Å²) >= 11 is 6.17. The number of anilines is 2. The molecule has 3 aromatic rings. The van der Waals surface area contributed by atoms with E-state index < -0.39 is 6.04 Å². The van der Waals surface area contributed by atoms with Crippen molar-refractivity contribution in [1.29, 1.82) is 0 Å². The van der Waals surface area contributed by atoms with Crippen LogP contribution in [0.5, 0.6) is 5.75 Å². The Bertz CT molecular complexity index is 1030. The van der Waals surface area contributed by atoms with Gasteiger partial charge in [-0.3, -0.25) is 19.5 Å². The highest BCUT2D eigenvalue weighted by Gasteiger charge is 2.33. The standard InChI is InChI=1S/C18H15ClN4O3/c1-26-10-6-7-11(19)13(8-10)20-17(25)15-9-16(24)22-18-21-12-4-2-3-5-14(12)23(15)18/h2-8,15H,9H2,1H3,(H,20,25)(H,21,22,24)/t15-/m1/s1. The molecule has 1 atom stereocenters. The van der Waals surface area contributed by atoms with Crippen LogP contribution in [0.3, 0.4) is 0 Å². The van der Waals surface area contributed by atoms with Crippen molar-refractivity contribution in [2.45, 2.75) is 12.5 Å². The Balaban J connectivity index is 1.72. The van der Waals surface area contributed by atoms with Crippen molar-refractivity contribution < 1.29 is 14.3 Å². The number of rotatable bonds is 3. The Morgan fingerprint density at radius 3 is 2.96 bits per heavy atom. The van der Waals surface area contributed by atoms with Crippen LogP contribution in [-0.4, -0.2) is 28.5 Å². The summed E-state index contributed by atoms with van der Waals surface area (Å²) in [6.07, 6.45) is 0.0147. The molecule has 132 valence electrons. The van der Waals surface area contributed by atoms with Crippen molar-refractivity contribution >= 4 is 46.1 Å². The first-order valence-electron chi connectivity index (χ1n) is 7.98. The number of para-hydroxylation sites is 2. The molecule has 0 radical (unpaired) electrons. The van der Waals surface area contributed by atoms with Crippen LogP contribution in [0, 0.1) is 0 Å². The number of amides is 2. The van der Waals surface area contributed by atoms with Crippen LogP contribution >= 0.6 is 11.6 Å². The fourth-order valence-electron chi connectivity index (χ4n) is 3.04. The predicted octanol–water partition coefficient (Wildman–Crippen LogP) is 3.22. The molecule has 0 unspecified atom stereocenters. The van der Waals surface area contributed by atoms with Gasteiger partial charge >= 0.3 is 0 Å². The van der Waals surface area contributed by atoms with Gasteiger partial charge in [0.05, 0.1) is 35.3 Å². The third-order valence-corrected chi connectivity index (χ3v) is 4.60. The summed E-state index contributed by atoms with van der Waals surface area (Å²) in [6, 6.07) is 11.7. The number of halogens is 1. The molecule has 1 aromatic heterocycles. The SMILES string of the molecule is COc1ccc(Cl)c(NC(=O)[C@H]2CC(=O)Nc3nc4ccccc4n32)c1. The number of methoxy groups -OCH3 is 1. The Kier molecular flexibility index (Phi) is 4.00. The average molecular weight is 371 g/mol. The first-order chi connectivity index (χ1) is 12.6. The molecule has 0 fully saturated rings. The number of ether oxygens (including phenoxy) is 1. The van der Waals surface area contributed by atoms with Crippen molar-refractivity contribution in [2.24, 2.45) is 0 Å². The van der Waals surface area contributed by atoms with E-state index in [1.54, 1.807) is 22.8 Å². The van der Waals surface area contributed by atoms with Crippen LogP contribution in [0.1, 0.15) is 12.5 Å². The van der Waals surface area contributed by atoms with Gasteiger partial charge in [-0.2, -0.15) is 0 Å². The van der Waals surface area contributed by atoms with E-state index in [0.29, 0.717) is 27.9 Å². The number of hydrogen-bond acceptors (Lipinski definition) is 4. The number of fused-ring (bicyclic) bond motifs is 3. The second-order valence-electron chi connectivity index (χ2n) is 5.90. The molecule has 0 spiro atoms. The molecule has 0 aliphatic carbocycles. The molecule has 0 saturated heterocycles. The molecule has 8 heteroatoms. The lowest BCUT2D eigenvalue weighted by atomic mass is 10.1. The molecule has 2 heterocycles. The van der Waals surface area contributed by atoms with Crippen molar-refractivity contribution in [2.75, 3.05) is 17.7 Å². The molecule has 1 aliphatic rings. The third kappa shape index (κ3) is 2.76. The molecule has 2 amide bonds. The molecule has 2 aromatic carbocycles. The minimum absolute atomic E-state index is 0.0147. The first kappa shape index (κ1) is 16.4. The third-order valence-electron chi connectivity index (χ3n) is 4.27. The van der Waals surface area contributed by atoms with E-state index in [1.807, 2.05) is 24.3 Å². The monoisotopic (exact) mass is 370 g/mol. The Morgan fingerprint density at radius 1 is 1.35 bits per heavy atom. The van der Waals surface area contributed by atoms with Gasteiger partial charge in [0.25, 0.3) is 0 Å². The molecular weight excluding hydrogens is 356 g/mol. The molecule has 0 bridgehead atoms. The van der Waals surface area contributed by atoms with Gasteiger partial charge in [-0.25, -0.2) is 4.98 Å². The van der Waals surface area contributed by atoms with E-state index in [2.05, 4.69) is 15.6 Å². The summed E-state index contributed by atoms with van der Waals surface area (Å²) in [5.41, 5.74) is 1.91. The predicted molar refractivity (Wildman–Crippen MR) is 98.7 cm³/mol. The van der Waals surface area contributed by atoms with Crippen LogP contribution in [0.25, 0.3) is 11.0 Å². The summed E-state index contributed by atoms with van der Waals surface area (Å²) in [5.74, 6) is 0.322. The molecule has 1 aliphatic heterocycles. The second-order valence-corrected chi connectivity index (χ2v) is 6.30. The number of imidazole rings is 1. The van der Waals surface area contributed by atoms with Gasteiger partial charge in [-0.15, -0.1) is 0 Å². The fraction of sp³-hybridized carbons (Fsp3) is 0.167. The van der Waals surface area contributed by atoms with Gasteiger partial charge in [0, 0.05) is 6.07 Å². The number of hydrogen-bond donors (Lipinski definition) is 2. The summed E-state index contributed by atoms with van der Waals surface area (Å²) < 4.78 is 6.90. The smallest absolute Gasteiger partial charge is 0.248 e. The first-order valence-corrected chi connectivity index (χ1v) is 8.36. The van der Waals surface area contributed by atoms with Gasteiger partial charge in [-0.1, -0.05) is 23.7 Å². The summed E-state index contributed by atoms with van der Waals surface area (Å²) in [4.78, 5) is 29.4. The topological polar surface area (TPSA) is 85.2 Å². The fourth-order valence-corrected chi connectivity index (χ4v) is 3.21. The zero-order valence-corrected chi connectivity index (χ0v) is 14.6. The van der Waals surface area contributed by atoms with E-state index in [0.717, 1.165) is 5.52 Å². The van der Waals surface area contributed by atoms with Crippen LogP contribution in [-0.2, 0) is 9.59 Å². The highest BCUT2D eigenvalue weighted by Crippen LogP contribution is 2.32. The normalized spacial score (nSPS) is 16.1. The molecule has 26 heavy (non-hydrogen) atoms. The number of aromatic nitrogens is 2. The van der Waals surface area contributed by atoms with E-state index in [9.17, 15) is 9.59 Å². The van der Waals surface area contributed by atoms with E-state index >= 15 is 0 Å². The maximum absolute atomic E-state index is 12.9. The molecule has 7 nitrogen and oxygen atoms in total. The lowest BCUT2D eigenvalue weighted by Crippen LogP contribution is -2.35. The Labute approximate surface area is 153 Å². The van der Waals surface area contributed by atoms with Gasteiger partial charge in [-0.05, 0) is 24.3 Å². The van der Waals surface area contributed by atoms with Gasteiger partial charge < -0.3 is 10.1 Å². The summed E-state index contributed by atoms with van der Waals surface area (Å²) in [5, 5.41) is 5.89. The van der Waals surface area contributed by atoms with E-state index in [4.69, 9.17) is 16.3 Å². The molecule has 0 saturated carbocycles. The van der Waals surface area contributed by atoms with Crippen LogP contribution in [0.15, 0.2) is 42.5 Å². The quantitative estimate of drug-likeness (QED) is 0.741. The van der Waals surface area contributed by atoms with Crippen molar-refractivity contribution in [1.82, 2.24) is 9.55 Å². The van der Waals surface area contributed by atoms with Crippen LogP contribution in [0.2, 0.25) is 5.02 Å². The lowest BCUT2D eigenvalue weighted by molar-refractivity contribution is -0.124.